The van der Waals surface area contributed by atoms with Crippen molar-refractivity contribution in [1.29, 1.82) is 0 Å². The molecule has 4 N–H and O–H groups in total. The summed E-state index contributed by atoms with van der Waals surface area (Å²) in [5.41, 5.74) is 6.22. The summed E-state index contributed by atoms with van der Waals surface area (Å²) in [4.78, 5) is 11.3. The molecule has 0 spiro atoms. The van der Waals surface area contributed by atoms with Crippen LogP contribution in [0.15, 0.2) is 16.6 Å². The van der Waals surface area contributed by atoms with E-state index in [-0.39, 0.29) is 17.6 Å². The van der Waals surface area contributed by atoms with Gasteiger partial charge >= 0.3 is 0 Å². The summed E-state index contributed by atoms with van der Waals surface area (Å²) in [6, 6.07) is 3.09. The van der Waals surface area contributed by atoms with Gasteiger partial charge in [0, 0.05) is 6.54 Å². The summed E-state index contributed by atoms with van der Waals surface area (Å²) in [5, 5.41) is 12.8. The van der Waals surface area contributed by atoms with E-state index in [9.17, 15) is 9.90 Å². The monoisotopic (exact) mass is 330 g/mol. The normalized spacial score (nSPS) is 12.5. The molecule has 0 aromatic heterocycles. The molecule has 1 unspecified atom stereocenters. The van der Waals surface area contributed by atoms with Crippen LogP contribution in [-0.4, -0.2) is 24.2 Å². The Morgan fingerprint density at radius 3 is 2.63 bits per heavy atom. The molecule has 1 rings (SSSR count). The third kappa shape index (κ3) is 4.11. The molecule has 0 saturated heterocycles. The summed E-state index contributed by atoms with van der Waals surface area (Å²) in [6.45, 7) is 4.31. The summed E-state index contributed by atoms with van der Waals surface area (Å²) in [5.74, 6) is 0.174. The van der Waals surface area contributed by atoms with Crippen LogP contribution < -0.4 is 15.8 Å². The number of methoxy groups -OCH3 is 1. The van der Waals surface area contributed by atoms with Crippen molar-refractivity contribution in [2.75, 3.05) is 7.11 Å². The van der Waals surface area contributed by atoms with Crippen LogP contribution in [0.2, 0.25) is 0 Å². The van der Waals surface area contributed by atoms with Crippen molar-refractivity contribution in [1.82, 2.24) is 5.32 Å². The van der Waals surface area contributed by atoms with Crippen LogP contribution in [0.25, 0.3) is 0 Å². The molecule has 0 radical (unpaired) electrons. The maximum atomic E-state index is 11.3. The smallest absolute Gasteiger partial charge is 0.234 e. The van der Waals surface area contributed by atoms with Gasteiger partial charge in [-0.3, -0.25) is 4.79 Å². The molecule has 6 heteroatoms. The fourth-order valence-corrected chi connectivity index (χ4v) is 2.27. The van der Waals surface area contributed by atoms with Crippen LogP contribution in [0.5, 0.6) is 11.5 Å². The number of ether oxygens (including phenoxy) is 1. The van der Waals surface area contributed by atoms with Crippen LogP contribution in [0.4, 0.5) is 0 Å². The van der Waals surface area contributed by atoms with Crippen molar-refractivity contribution in [3.05, 3.63) is 22.2 Å². The first-order valence-electron chi connectivity index (χ1n) is 5.94. The summed E-state index contributed by atoms with van der Waals surface area (Å²) < 4.78 is 5.61. The van der Waals surface area contributed by atoms with Crippen LogP contribution in [-0.2, 0) is 11.3 Å². The van der Waals surface area contributed by atoms with E-state index in [1.807, 2.05) is 13.8 Å². The van der Waals surface area contributed by atoms with E-state index in [4.69, 9.17) is 10.5 Å². The number of benzene rings is 1. The molecule has 1 aromatic rings. The highest BCUT2D eigenvalue weighted by Gasteiger charge is 2.19. The van der Waals surface area contributed by atoms with E-state index in [1.165, 1.54) is 7.11 Å². The predicted molar refractivity (Wildman–Crippen MR) is 77.0 cm³/mol. The maximum Gasteiger partial charge on any atom is 0.234 e. The Kier molecular flexibility index (Phi) is 5.62. The number of nitrogens with two attached hydrogens (primary N) is 1. The number of amides is 1. The molecule has 0 bridgehead atoms. The minimum atomic E-state index is -0.390. The number of phenolic OH excluding ortho intramolecular Hbond substituents is 1. The quantitative estimate of drug-likeness (QED) is 0.742. The molecular weight excluding hydrogens is 312 g/mol. The number of carbonyl (C=O) groups is 1. The molecule has 19 heavy (non-hydrogen) atoms. The Balaban J connectivity index is 2.83. The lowest BCUT2D eigenvalue weighted by molar-refractivity contribution is -0.121. The van der Waals surface area contributed by atoms with E-state index < -0.39 is 6.04 Å². The highest BCUT2D eigenvalue weighted by atomic mass is 79.9. The molecule has 0 heterocycles. The summed E-state index contributed by atoms with van der Waals surface area (Å²) in [6.07, 6.45) is 0. The Morgan fingerprint density at radius 2 is 2.16 bits per heavy atom. The van der Waals surface area contributed by atoms with Crippen LogP contribution in [0.3, 0.4) is 0 Å². The number of carbonyl (C=O) groups excluding carboxylic acids is 1. The third-order valence-electron chi connectivity index (χ3n) is 2.81. The van der Waals surface area contributed by atoms with Gasteiger partial charge < -0.3 is 20.9 Å². The first-order chi connectivity index (χ1) is 8.86. The largest absolute Gasteiger partial charge is 0.503 e. The van der Waals surface area contributed by atoms with Crippen molar-refractivity contribution >= 4 is 21.8 Å². The summed E-state index contributed by atoms with van der Waals surface area (Å²) >= 11 is 3.25. The lowest BCUT2D eigenvalue weighted by atomic mass is 10.0. The first-order valence-corrected chi connectivity index (χ1v) is 6.74. The van der Waals surface area contributed by atoms with E-state index in [0.717, 1.165) is 5.56 Å². The van der Waals surface area contributed by atoms with Crippen LogP contribution >= 0.6 is 15.9 Å². The minimum absolute atomic E-state index is 0.0570. The molecule has 0 aliphatic carbocycles. The second-order valence-corrected chi connectivity index (χ2v) is 5.49. The van der Waals surface area contributed by atoms with Crippen LogP contribution in [0.1, 0.15) is 19.4 Å². The van der Waals surface area contributed by atoms with Crippen molar-refractivity contribution < 1.29 is 14.6 Å². The second kappa shape index (κ2) is 6.77. The van der Waals surface area contributed by atoms with Gasteiger partial charge in [-0.25, -0.2) is 0 Å². The van der Waals surface area contributed by atoms with Crippen molar-refractivity contribution in [2.24, 2.45) is 11.7 Å². The number of hydrogen-bond donors (Lipinski definition) is 3. The van der Waals surface area contributed by atoms with E-state index in [2.05, 4.69) is 21.2 Å². The fourth-order valence-electron chi connectivity index (χ4n) is 1.78. The predicted octanol–water partition coefficient (Wildman–Crippen LogP) is 1.76. The average molecular weight is 331 g/mol. The van der Waals surface area contributed by atoms with Gasteiger partial charge in [-0.05, 0) is 39.5 Å². The number of phenols is 1. The average Bonchev–Trinajstić information content (AvgIpc) is 2.32. The number of nitrogens with one attached hydrogen (secondary N) is 1. The minimum Gasteiger partial charge on any atom is -0.503 e. The highest BCUT2D eigenvalue weighted by Crippen LogP contribution is 2.35. The Hall–Kier alpha value is -1.27. The second-order valence-electron chi connectivity index (χ2n) is 4.63. The van der Waals surface area contributed by atoms with Crippen molar-refractivity contribution in [3.63, 3.8) is 0 Å². The maximum absolute atomic E-state index is 11.3. The molecule has 1 amide bonds. The lowest BCUT2D eigenvalue weighted by Gasteiger charge is -2.19. The lowest BCUT2D eigenvalue weighted by Crippen LogP contribution is -2.44. The molecule has 106 valence electrons. The van der Waals surface area contributed by atoms with Gasteiger partial charge in [0.1, 0.15) is 0 Å². The fraction of sp³-hybridized carbons (Fsp3) is 0.462. The first kappa shape index (κ1) is 15.8. The highest BCUT2D eigenvalue weighted by molar-refractivity contribution is 9.10. The number of halogens is 1. The Bertz CT molecular complexity index is 463. The number of primary amides is 1. The van der Waals surface area contributed by atoms with Gasteiger partial charge in [0.05, 0.1) is 17.6 Å². The summed E-state index contributed by atoms with van der Waals surface area (Å²) in [7, 11) is 1.49. The van der Waals surface area contributed by atoms with Gasteiger partial charge in [0.2, 0.25) is 5.91 Å². The van der Waals surface area contributed by atoms with Gasteiger partial charge in [-0.15, -0.1) is 0 Å². The topological polar surface area (TPSA) is 84.6 Å². The Labute approximate surface area is 121 Å². The SMILES string of the molecule is COc1cc(CNC(C(N)=O)C(C)C)cc(Br)c1O. The zero-order valence-corrected chi connectivity index (χ0v) is 12.8. The van der Waals surface area contributed by atoms with Gasteiger partial charge in [0.25, 0.3) is 0 Å². The molecule has 0 aliphatic heterocycles. The van der Waals surface area contributed by atoms with Crippen molar-refractivity contribution in [2.45, 2.75) is 26.4 Å². The van der Waals surface area contributed by atoms with E-state index >= 15 is 0 Å². The molecule has 0 aliphatic rings. The zero-order chi connectivity index (χ0) is 14.6. The molecule has 0 saturated carbocycles. The molecular formula is C13H19BrN2O3. The standard InChI is InChI=1S/C13H19BrN2O3/c1-7(2)11(13(15)18)16-6-8-4-9(14)12(17)10(5-8)19-3/h4-5,7,11,16-17H,6H2,1-3H3,(H2,15,18). The van der Waals surface area contributed by atoms with Gasteiger partial charge in [0.15, 0.2) is 11.5 Å². The number of aromatic hydroxyl groups is 1. The van der Waals surface area contributed by atoms with Crippen molar-refractivity contribution in [3.8, 4) is 11.5 Å². The molecule has 5 nitrogen and oxygen atoms in total. The van der Waals surface area contributed by atoms with Gasteiger partial charge in [-0.2, -0.15) is 0 Å². The number of hydrogen-bond acceptors (Lipinski definition) is 4. The zero-order valence-electron chi connectivity index (χ0n) is 11.2. The third-order valence-corrected chi connectivity index (χ3v) is 3.41. The Morgan fingerprint density at radius 1 is 1.53 bits per heavy atom. The molecule has 0 fully saturated rings. The van der Waals surface area contributed by atoms with E-state index in [0.29, 0.717) is 16.8 Å². The van der Waals surface area contributed by atoms with Gasteiger partial charge in [-0.1, -0.05) is 13.8 Å². The van der Waals surface area contributed by atoms with Crippen LogP contribution in [0, 0.1) is 5.92 Å². The van der Waals surface area contributed by atoms with E-state index in [1.54, 1.807) is 12.1 Å². The molecule has 1 atom stereocenters. The number of rotatable bonds is 6. The molecule has 1 aromatic carbocycles.